The number of nitro benzene ring substituents is 1. The number of thioether (sulfide) groups is 1. The van der Waals surface area contributed by atoms with E-state index in [4.69, 9.17) is 18.7 Å². The van der Waals surface area contributed by atoms with Crippen LogP contribution in [0.1, 0.15) is 33.3 Å². The van der Waals surface area contributed by atoms with Crippen molar-refractivity contribution in [2.75, 3.05) is 13.7 Å². The minimum Gasteiger partial charge on any atom is -0.429 e. The van der Waals surface area contributed by atoms with Crippen LogP contribution in [0.4, 0.5) is 10.5 Å². The molecule has 1 aliphatic carbocycles. The average molecular weight is 583 g/mol. The van der Waals surface area contributed by atoms with Gasteiger partial charge in [-0.3, -0.25) is 34.1 Å². The number of ketones is 2. The molecule has 1 aromatic carbocycles. The van der Waals surface area contributed by atoms with E-state index < -0.39 is 58.4 Å². The van der Waals surface area contributed by atoms with Crippen molar-refractivity contribution in [1.29, 1.82) is 0 Å². The number of non-ortho nitro benzene ring substituents is 1. The standard InChI is InChI=1S/C24H30N2O11SSi/c1-14(37-21(31)35-12-15-8-10-16(11-9-15)26(32)33)23-18(28)19(29)24(23,25(34-5)20(23)30)38-17(27)13-36-39(6,7)22(2,3)4/h8-11,14H,12-13H2,1-7H3/t14-,23+,24+/m1/s1. The number of hydrogen-bond acceptors (Lipinski definition) is 12. The molecule has 3 atom stereocenters. The molecule has 13 nitrogen and oxygen atoms in total. The van der Waals surface area contributed by atoms with Crippen LogP contribution in [0.5, 0.6) is 0 Å². The second kappa shape index (κ2) is 10.4. The van der Waals surface area contributed by atoms with Crippen LogP contribution in [0.2, 0.25) is 18.1 Å². The Balaban J connectivity index is 1.74. The maximum absolute atomic E-state index is 13.0. The topological polar surface area (TPSA) is 169 Å². The Morgan fingerprint density at radius 3 is 2.23 bits per heavy atom. The second-order valence-corrected chi connectivity index (χ2v) is 16.7. The number of benzene rings is 1. The van der Waals surface area contributed by atoms with Crippen LogP contribution in [-0.2, 0) is 44.5 Å². The molecule has 0 spiro atoms. The zero-order chi connectivity index (χ0) is 29.6. The van der Waals surface area contributed by atoms with Crippen molar-refractivity contribution in [3.05, 3.63) is 39.9 Å². The number of rotatable bonds is 10. The second-order valence-electron chi connectivity index (χ2n) is 10.6. The van der Waals surface area contributed by atoms with E-state index in [1.54, 1.807) is 0 Å². The predicted molar refractivity (Wildman–Crippen MR) is 139 cm³/mol. The largest absolute Gasteiger partial charge is 0.508 e. The van der Waals surface area contributed by atoms with E-state index in [-0.39, 0.29) is 23.9 Å². The van der Waals surface area contributed by atoms with Crippen LogP contribution in [0.25, 0.3) is 0 Å². The maximum atomic E-state index is 13.0. The summed E-state index contributed by atoms with van der Waals surface area (Å²) in [7, 11) is -1.22. The lowest BCUT2D eigenvalue weighted by Crippen LogP contribution is -2.93. The van der Waals surface area contributed by atoms with E-state index in [1.165, 1.54) is 31.2 Å². The number of hydroxylamine groups is 2. The van der Waals surface area contributed by atoms with Crippen molar-refractivity contribution in [1.82, 2.24) is 5.06 Å². The van der Waals surface area contributed by atoms with Gasteiger partial charge in [0.1, 0.15) is 19.3 Å². The van der Waals surface area contributed by atoms with Crippen molar-refractivity contribution in [2.45, 2.75) is 63.4 Å². The quantitative estimate of drug-likeness (QED) is 0.0752. The number of nitrogens with zero attached hydrogens (tertiary/aromatic N) is 2. The third-order valence-corrected chi connectivity index (χ3v) is 13.2. The highest BCUT2D eigenvalue weighted by molar-refractivity contribution is 8.15. The zero-order valence-corrected chi connectivity index (χ0v) is 24.4. The molecule has 1 saturated heterocycles. The molecule has 15 heteroatoms. The highest BCUT2D eigenvalue weighted by Gasteiger charge is 2.93. The summed E-state index contributed by atoms with van der Waals surface area (Å²) in [6.45, 7) is 10.4. The normalized spacial score (nSPS) is 23.4. The summed E-state index contributed by atoms with van der Waals surface area (Å²) in [5, 5.41) is 10.6. The monoisotopic (exact) mass is 582 g/mol. The molecule has 1 saturated carbocycles. The van der Waals surface area contributed by atoms with Crippen LogP contribution in [0, 0.1) is 15.5 Å². The molecule has 0 bridgehead atoms. The van der Waals surface area contributed by atoms with Gasteiger partial charge < -0.3 is 13.9 Å². The Kier molecular flexibility index (Phi) is 8.14. The number of nitro groups is 1. The van der Waals surface area contributed by atoms with Gasteiger partial charge >= 0.3 is 6.16 Å². The number of fused-ring (bicyclic) bond motifs is 1. The Morgan fingerprint density at radius 2 is 1.72 bits per heavy atom. The van der Waals surface area contributed by atoms with Crippen LogP contribution >= 0.6 is 11.8 Å². The number of Topliss-reactive ketones (excluding diaryl/α,β-unsaturated/α-hetero) is 2. The first kappa shape index (κ1) is 30.4. The third kappa shape index (κ3) is 4.77. The zero-order valence-electron chi connectivity index (χ0n) is 22.6. The van der Waals surface area contributed by atoms with E-state index >= 15 is 0 Å². The lowest BCUT2D eigenvalue weighted by molar-refractivity contribution is -0.384. The molecule has 39 heavy (non-hydrogen) atoms. The van der Waals surface area contributed by atoms with Crippen LogP contribution < -0.4 is 0 Å². The lowest BCUT2D eigenvalue weighted by atomic mass is 9.52. The molecule has 1 aromatic rings. The summed E-state index contributed by atoms with van der Waals surface area (Å²) < 4.78 is 16.2. The fourth-order valence-corrected chi connectivity index (χ4v) is 6.54. The molecule has 2 aliphatic rings. The van der Waals surface area contributed by atoms with Gasteiger partial charge in [-0.2, -0.15) is 5.06 Å². The Labute approximate surface area is 229 Å². The summed E-state index contributed by atoms with van der Waals surface area (Å²) in [5.74, 6) is -3.08. The van der Waals surface area contributed by atoms with Gasteiger partial charge in [0.15, 0.2) is 13.7 Å². The summed E-state index contributed by atoms with van der Waals surface area (Å²) in [5.41, 5.74) is -1.91. The fourth-order valence-electron chi connectivity index (χ4n) is 4.13. The van der Waals surface area contributed by atoms with E-state index in [1.807, 2.05) is 33.9 Å². The highest BCUT2D eigenvalue weighted by atomic mass is 32.2. The summed E-state index contributed by atoms with van der Waals surface area (Å²) in [6.07, 6.45) is -2.75. The predicted octanol–water partition coefficient (Wildman–Crippen LogP) is 3.16. The number of carbonyl (C=O) groups is 5. The van der Waals surface area contributed by atoms with Crippen LogP contribution in [-0.4, -0.2) is 71.7 Å². The van der Waals surface area contributed by atoms with Crippen molar-refractivity contribution in [2.24, 2.45) is 5.41 Å². The molecule has 1 aliphatic heterocycles. The number of β-lactam (4-membered cyclic amide) rings is 1. The number of hydrogen-bond donors (Lipinski definition) is 0. The van der Waals surface area contributed by atoms with E-state index in [9.17, 15) is 34.1 Å². The van der Waals surface area contributed by atoms with Gasteiger partial charge in [0, 0.05) is 12.1 Å². The molecule has 0 N–H and O–H groups in total. The van der Waals surface area contributed by atoms with Gasteiger partial charge in [-0.25, -0.2) is 4.79 Å². The van der Waals surface area contributed by atoms with E-state index in [2.05, 4.69) is 0 Å². The number of piperidine rings is 1. The Bertz CT molecular complexity index is 1230. The molecule has 212 valence electrons. The molecule has 1 heterocycles. The van der Waals surface area contributed by atoms with Gasteiger partial charge in [0.2, 0.25) is 21.6 Å². The molecule has 0 unspecified atom stereocenters. The summed E-state index contributed by atoms with van der Waals surface area (Å²) >= 11 is 0.432. The maximum Gasteiger partial charge on any atom is 0.508 e. The molecule has 3 rings (SSSR count). The average Bonchev–Trinajstić information content (AvgIpc) is 2.85. The van der Waals surface area contributed by atoms with Crippen LogP contribution in [0.15, 0.2) is 24.3 Å². The van der Waals surface area contributed by atoms with Crippen molar-refractivity contribution < 1.29 is 47.6 Å². The molecule has 2 fully saturated rings. The molecule has 0 radical (unpaired) electrons. The summed E-state index contributed by atoms with van der Waals surface area (Å²) in [4.78, 5) is 77.4. The van der Waals surface area contributed by atoms with Crippen molar-refractivity contribution in [3.8, 4) is 0 Å². The first-order valence-corrected chi connectivity index (χ1v) is 15.6. The minimum atomic E-state index is -2.33. The summed E-state index contributed by atoms with van der Waals surface area (Å²) in [6, 6.07) is 5.22. The van der Waals surface area contributed by atoms with Crippen molar-refractivity contribution >= 4 is 54.5 Å². The molecule has 1 amide bonds. The molecular formula is C24H30N2O11SSi. The lowest BCUT2D eigenvalue weighted by Gasteiger charge is -2.66. The van der Waals surface area contributed by atoms with Crippen LogP contribution in [0.3, 0.4) is 0 Å². The smallest absolute Gasteiger partial charge is 0.429 e. The first-order chi connectivity index (χ1) is 18.0. The van der Waals surface area contributed by atoms with E-state index in [0.717, 1.165) is 7.11 Å². The first-order valence-electron chi connectivity index (χ1n) is 11.9. The third-order valence-electron chi connectivity index (χ3n) is 7.40. The molecule has 0 aromatic heterocycles. The molecular weight excluding hydrogens is 552 g/mol. The van der Waals surface area contributed by atoms with Crippen molar-refractivity contribution in [3.63, 3.8) is 0 Å². The Hall–Kier alpha value is -3.14. The number of carbonyl (C=O) groups excluding carboxylic acids is 5. The number of amides is 1. The fraction of sp³-hybridized carbons (Fsp3) is 0.542. The minimum absolute atomic E-state index is 0.147. The van der Waals surface area contributed by atoms with E-state index in [0.29, 0.717) is 22.4 Å². The van der Waals surface area contributed by atoms with Gasteiger partial charge in [0.05, 0.1) is 12.0 Å². The van der Waals surface area contributed by atoms with Gasteiger partial charge in [-0.05, 0) is 54.5 Å². The number of ether oxygens (including phenoxy) is 2. The van der Waals surface area contributed by atoms with Gasteiger partial charge in [-0.1, -0.05) is 20.8 Å². The highest BCUT2D eigenvalue weighted by Crippen LogP contribution is 2.66. The van der Waals surface area contributed by atoms with Gasteiger partial charge in [0.25, 0.3) is 11.6 Å². The van der Waals surface area contributed by atoms with Gasteiger partial charge in [-0.15, -0.1) is 0 Å². The SMILES string of the molecule is CON1C(=O)[C@]2([C@@H](C)OC(=O)OCc3ccc([N+](=O)[O-])cc3)C(=O)C(=O)[C@@]12SC(=O)CO[Si](C)(C)C(C)(C)C. The Morgan fingerprint density at radius 1 is 1.13 bits per heavy atom.